The Bertz CT molecular complexity index is 543. The van der Waals surface area contributed by atoms with E-state index in [1.165, 1.54) is 0 Å². The van der Waals surface area contributed by atoms with Crippen LogP contribution >= 0.6 is 47.8 Å². The van der Waals surface area contributed by atoms with Crippen molar-refractivity contribution < 1.29 is 28.5 Å². The molecule has 0 amide bonds. The summed E-state index contributed by atoms with van der Waals surface area (Å²) in [5, 5.41) is 6.13. The van der Waals surface area contributed by atoms with Crippen molar-refractivity contribution in [3.8, 4) is 0 Å². The quantitative estimate of drug-likeness (QED) is 0.295. The molecule has 2 aliphatic heterocycles. The molecule has 0 aromatic carbocycles. The average molecular weight is 669 g/mol. The molecule has 2 aliphatic rings. The Balaban J connectivity index is 0.000000542. The van der Waals surface area contributed by atoms with Crippen molar-refractivity contribution in [2.45, 2.75) is 65.0 Å². The number of likely N-dealkylation sites (tertiary alicyclic amines) is 1. The lowest BCUT2D eigenvalue weighted by Gasteiger charge is -2.38. The summed E-state index contributed by atoms with van der Waals surface area (Å²) >= 11 is 9.79. The van der Waals surface area contributed by atoms with E-state index in [2.05, 4.69) is 58.0 Å². The molecule has 0 atom stereocenters. The Labute approximate surface area is 224 Å². The van der Waals surface area contributed by atoms with Gasteiger partial charge >= 0.3 is 11.9 Å². The van der Waals surface area contributed by atoms with Crippen LogP contribution in [0.15, 0.2) is 0 Å². The minimum absolute atomic E-state index is 0.0591. The lowest BCUT2D eigenvalue weighted by molar-refractivity contribution is -0.166. The number of hydrogen-bond acceptors (Lipinski definition) is 8. The van der Waals surface area contributed by atoms with E-state index in [4.69, 9.17) is 18.9 Å². The van der Waals surface area contributed by atoms with Gasteiger partial charge in [0.2, 0.25) is 0 Å². The highest BCUT2D eigenvalue weighted by molar-refractivity contribution is 9.12. The van der Waals surface area contributed by atoms with Crippen molar-refractivity contribution in [2.24, 2.45) is 0 Å². The molecule has 2 rings (SSSR count). The maximum absolute atomic E-state index is 11.3. The summed E-state index contributed by atoms with van der Waals surface area (Å²) in [5.74, 6) is -0.578. The van der Waals surface area contributed by atoms with Crippen LogP contribution < -0.4 is 5.32 Å². The van der Waals surface area contributed by atoms with E-state index in [0.717, 1.165) is 48.7 Å². The molecule has 0 bridgehead atoms. The van der Waals surface area contributed by atoms with Crippen molar-refractivity contribution in [1.29, 1.82) is 0 Å². The van der Waals surface area contributed by atoms with Gasteiger partial charge in [0.15, 0.2) is 0 Å². The lowest BCUT2D eigenvalue weighted by atomic mass is 10.2. The van der Waals surface area contributed by atoms with Gasteiger partial charge < -0.3 is 24.3 Å². The van der Waals surface area contributed by atoms with Crippen LogP contribution in [0.1, 0.15) is 41.5 Å². The van der Waals surface area contributed by atoms with E-state index >= 15 is 0 Å². The zero-order valence-electron chi connectivity index (χ0n) is 20.8. The van der Waals surface area contributed by atoms with Crippen molar-refractivity contribution in [1.82, 2.24) is 10.2 Å². The van der Waals surface area contributed by atoms with Crippen molar-refractivity contribution >= 4 is 59.7 Å². The van der Waals surface area contributed by atoms with E-state index < -0.39 is 11.2 Å². The van der Waals surface area contributed by atoms with Gasteiger partial charge in [-0.3, -0.25) is 4.90 Å². The van der Waals surface area contributed by atoms with Crippen LogP contribution in [0.3, 0.4) is 0 Å². The maximum Gasteiger partial charge on any atom is 0.332 e. The Morgan fingerprint density at radius 1 is 0.788 bits per heavy atom. The van der Waals surface area contributed by atoms with Crippen molar-refractivity contribution in [3.63, 3.8) is 0 Å². The molecule has 0 saturated carbocycles. The largest absolute Gasteiger partial charge is 0.458 e. The summed E-state index contributed by atoms with van der Waals surface area (Å²) in [5.41, 5.74) is -0.847. The molecule has 0 spiro atoms. The average Bonchev–Trinajstić information content (AvgIpc) is 2.60. The molecule has 2 saturated heterocycles. The van der Waals surface area contributed by atoms with E-state index in [1.54, 1.807) is 0 Å². The molecule has 0 radical (unpaired) electrons. The number of nitrogens with one attached hydrogen (secondary N) is 1. The normalized spacial score (nSPS) is 16.9. The smallest absolute Gasteiger partial charge is 0.332 e. The highest BCUT2D eigenvalue weighted by Crippen LogP contribution is 2.13. The highest BCUT2D eigenvalue weighted by atomic mass is 79.9. The lowest BCUT2D eigenvalue weighted by Crippen LogP contribution is -2.53. The number of carbonyl (C=O) groups excluding carboxylic acids is 2. The Morgan fingerprint density at radius 2 is 1.21 bits per heavy atom. The Morgan fingerprint density at radius 3 is 1.52 bits per heavy atom. The van der Waals surface area contributed by atoms with Crippen LogP contribution in [0.4, 0.5) is 0 Å². The predicted molar refractivity (Wildman–Crippen MR) is 142 cm³/mol. The third kappa shape index (κ3) is 20.1. The first-order valence-electron chi connectivity index (χ1n) is 11.1. The molecular weight excluding hydrogens is 628 g/mol. The predicted octanol–water partition coefficient (Wildman–Crippen LogP) is 3.52. The summed E-state index contributed by atoms with van der Waals surface area (Å²) in [7, 11) is 0. The number of rotatable bonds is 9. The van der Waals surface area contributed by atoms with Gasteiger partial charge in [0.25, 0.3) is 0 Å². The van der Waals surface area contributed by atoms with Crippen LogP contribution in [0, 0.1) is 0 Å². The number of ether oxygens (including phenoxy) is 4. The molecule has 196 valence electrons. The van der Waals surface area contributed by atoms with Crippen molar-refractivity contribution in [2.75, 3.05) is 61.9 Å². The van der Waals surface area contributed by atoms with Gasteiger partial charge in [0.1, 0.15) is 24.4 Å². The summed E-state index contributed by atoms with van der Waals surface area (Å²) in [4.78, 5) is 24.7. The van der Waals surface area contributed by atoms with Crippen LogP contribution in [0.25, 0.3) is 0 Å². The molecule has 33 heavy (non-hydrogen) atoms. The SMILES string of the molecule is BrCCBr.CC(C)(C)OC(=O)COC1CN(CCBr)C1.CC(C)(C)OC(=O)COC1CNC1. The molecule has 2 fully saturated rings. The van der Waals surface area contributed by atoms with E-state index in [1.807, 2.05) is 41.5 Å². The fourth-order valence-electron chi connectivity index (χ4n) is 2.42. The van der Waals surface area contributed by atoms with Gasteiger partial charge in [0, 0.05) is 48.7 Å². The molecule has 0 aromatic heterocycles. The van der Waals surface area contributed by atoms with Gasteiger partial charge in [-0.25, -0.2) is 9.59 Å². The van der Waals surface area contributed by atoms with Gasteiger partial charge in [-0.2, -0.15) is 0 Å². The third-order valence-electron chi connectivity index (χ3n) is 3.85. The van der Waals surface area contributed by atoms with Crippen LogP contribution in [-0.2, 0) is 28.5 Å². The van der Waals surface area contributed by atoms with Gasteiger partial charge in [-0.05, 0) is 41.5 Å². The number of halogens is 3. The van der Waals surface area contributed by atoms with E-state index in [9.17, 15) is 9.59 Å². The standard InChI is InChI=1S/C11H20BrNO3.C9H17NO3.C2H4Br2/c1-11(2,3)16-10(14)8-15-9-6-13(7-9)5-4-12;1-9(2,3)13-8(11)6-12-7-4-10-5-7;3-1-2-4/h9H,4-8H2,1-3H3;7,10H,4-6H2,1-3H3;1-2H2. The van der Waals surface area contributed by atoms with Crippen LogP contribution in [0.2, 0.25) is 0 Å². The fraction of sp³-hybridized carbons (Fsp3) is 0.909. The summed E-state index contributed by atoms with van der Waals surface area (Å²) < 4.78 is 20.9. The molecule has 8 nitrogen and oxygen atoms in total. The third-order valence-corrected chi connectivity index (χ3v) is 6.07. The zero-order chi connectivity index (χ0) is 25.5. The molecule has 11 heteroatoms. The number of alkyl halides is 3. The Hall–Kier alpha value is 0.220. The second kappa shape index (κ2) is 17.6. The molecular formula is C22H41Br3N2O6. The minimum atomic E-state index is -0.429. The number of carbonyl (C=O) groups is 2. The first-order valence-corrected chi connectivity index (χ1v) is 14.4. The topological polar surface area (TPSA) is 86.3 Å². The monoisotopic (exact) mass is 666 g/mol. The molecule has 0 aromatic rings. The fourth-order valence-corrected chi connectivity index (χ4v) is 2.93. The molecule has 0 unspecified atom stereocenters. The highest BCUT2D eigenvalue weighted by Gasteiger charge is 2.28. The van der Waals surface area contributed by atoms with Gasteiger partial charge in [0.05, 0.1) is 12.2 Å². The van der Waals surface area contributed by atoms with Crippen molar-refractivity contribution in [3.05, 3.63) is 0 Å². The first-order chi connectivity index (χ1) is 15.3. The van der Waals surface area contributed by atoms with Crippen LogP contribution in [0.5, 0.6) is 0 Å². The number of hydrogen-bond donors (Lipinski definition) is 1. The number of nitrogens with zero attached hydrogens (tertiary/aromatic N) is 1. The molecule has 2 heterocycles. The second-order valence-electron chi connectivity index (χ2n) is 9.52. The van der Waals surface area contributed by atoms with Gasteiger partial charge in [-0.1, -0.05) is 47.8 Å². The van der Waals surface area contributed by atoms with Gasteiger partial charge in [-0.15, -0.1) is 0 Å². The molecule has 0 aliphatic carbocycles. The van der Waals surface area contributed by atoms with Crippen LogP contribution in [-0.4, -0.2) is 102 Å². The maximum atomic E-state index is 11.3. The number of esters is 2. The molecule has 1 N–H and O–H groups in total. The summed E-state index contributed by atoms with van der Waals surface area (Å²) in [6.45, 7) is 15.7. The zero-order valence-corrected chi connectivity index (χ0v) is 25.5. The first kappa shape index (κ1) is 33.2. The van der Waals surface area contributed by atoms with E-state index in [-0.39, 0.29) is 37.4 Å². The summed E-state index contributed by atoms with van der Waals surface area (Å²) in [6.07, 6.45) is 0.374. The second-order valence-corrected chi connectivity index (χ2v) is 11.9. The van der Waals surface area contributed by atoms with E-state index in [0.29, 0.717) is 0 Å². The minimum Gasteiger partial charge on any atom is -0.458 e. The Kier molecular flexibility index (Phi) is 17.7. The summed E-state index contributed by atoms with van der Waals surface area (Å²) in [6, 6.07) is 0.